The highest BCUT2D eigenvalue weighted by Crippen LogP contribution is 2.32. The maximum Gasteiger partial charge on any atom is 0.329 e. The van der Waals surface area contributed by atoms with E-state index in [-0.39, 0.29) is 11.8 Å². The third kappa shape index (κ3) is 4.20. The average molecular weight is 380 g/mol. The molecule has 2 N–H and O–H groups in total. The van der Waals surface area contributed by atoms with Crippen LogP contribution in [-0.2, 0) is 9.59 Å². The molecule has 0 bridgehead atoms. The molecule has 0 atom stereocenters. The second-order valence-electron chi connectivity index (χ2n) is 4.89. The topological polar surface area (TPSA) is 89.0 Å². The third-order valence-corrected chi connectivity index (χ3v) is 3.90. The average Bonchev–Trinajstić information content (AvgIpc) is 3.05. The zero-order chi connectivity index (χ0) is 17.8. The van der Waals surface area contributed by atoms with E-state index in [1.165, 1.54) is 24.4 Å². The molecule has 0 radical (unpaired) electrons. The first-order valence-electron chi connectivity index (χ1n) is 7.02. The first kappa shape index (κ1) is 17.1. The van der Waals surface area contributed by atoms with Gasteiger partial charge in [0, 0.05) is 5.69 Å². The van der Waals surface area contributed by atoms with E-state index >= 15 is 0 Å². The fourth-order valence-electron chi connectivity index (χ4n) is 1.97. The Hall–Kier alpha value is -2.77. The smallest absolute Gasteiger partial charge is 0.329 e. The van der Waals surface area contributed by atoms with Gasteiger partial charge in [0.25, 0.3) is 0 Å². The van der Waals surface area contributed by atoms with Gasteiger partial charge in [0.15, 0.2) is 11.5 Å². The molecule has 128 valence electrons. The first-order chi connectivity index (χ1) is 12.0. The van der Waals surface area contributed by atoms with Gasteiger partial charge in [0.05, 0.1) is 16.3 Å². The van der Waals surface area contributed by atoms with E-state index in [2.05, 4.69) is 15.8 Å². The van der Waals surface area contributed by atoms with Crippen LogP contribution in [0, 0.1) is 0 Å². The van der Waals surface area contributed by atoms with Gasteiger partial charge in [-0.25, -0.2) is 5.43 Å². The Bertz CT molecular complexity index is 870. The normalized spacial score (nSPS) is 12.2. The van der Waals surface area contributed by atoms with Crippen molar-refractivity contribution in [2.45, 2.75) is 0 Å². The van der Waals surface area contributed by atoms with E-state index in [0.717, 1.165) is 0 Å². The van der Waals surface area contributed by atoms with Gasteiger partial charge < -0.3 is 14.8 Å². The molecule has 9 heteroatoms. The minimum Gasteiger partial charge on any atom is -0.454 e. The summed E-state index contributed by atoms with van der Waals surface area (Å²) < 4.78 is 10.4. The lowest BCUT2D eigenvalue weighted by atomic mass is 10.2. The molecule has 2 aromatic carbocycles. The minimum absolute atomic E-state index is 0.168. The number of amides is 2. The molecule has 0 aliphatic carbocycles. The van der Waals surface area contributed by atoms with Crippen LogP contribution >= 0.6 is 23.2 Å². The molecule has 1 aliphatic rings. The van der Waals surface area contributed by atoms with Gasteiger partial charge in [-0.1, -0.05) is 23.2 Å². The number of hydrogen-bond donors (Lipinski definition) is 2. The molecular formula is C16H11Cl2N3O4. The lowest BCUT2D eigenvalue weighted by molar-refractivity contribution is -0.136. The highest BCUT2D eigenvalue weighted by atomic mass is 35.5. The van der Waals surface area contributed by atoms with Crippen LogP contribution in [0.2, 0.25) is 10.0 Å². The van der Waals surface area contributed by atoms with Crippen molar-refractivity contribution in [3.8, 4) is 11.5 Å². The predicted molar refractivity (Wildman–Crippen MR) is 93.4 cm³/mol. The van der Waals surface area contributed by atoms with Crippen LogP contribution in [0.1, 0.15) is 5.56 Å². The van der Waals surface area contributed by atoms with Crippen LogP contribution < -0.4 is 20.2 Å². The molecule has 0 saturated carbocycles. The maximum atomic E-state index is 11.8. The van der Waals surface area contributed by atoms with Crippen LogP contribution in [0.25, 0.3) is 0 Å². The molecular weight excluding hydrogens is 369 g/mol. The van der Waals surface area contributed by atoms with Crippen molar-refractivity contribution in [2.24, 2.45) is 5.10 Å². The molecule has 1 aliphatic heterocycles. The number of fused-ring (bicyclic) bond motifs is 1. The Morgan fingerprint density at radius 3 is 2.60 bits per heavy atom. The maximum absolute atomic E-state index is 11.8. The summed E-state index contributed by atoms with van der Waals surface area (Å²) >= 11 is 11.6. The summed E-state index contributed by atoms with van der Waals surface area (Å²) in [6.45, 7) is 0.168. The number of hydrazone groups is 1. The molecule has 7 nitrogen and oxygen atoms in total. The summed E-state index contributed by atoms with van der Waals surface area (Å²) in [6, 6.07) is 9.63. The molecule has 2 amide bonds. The number of benzene rings is 2. The Morgan fingerprint density at radius 2 is 1.80 bits per heavy atom. The van der Waals surface area contributed by atoms with E-state index in [0.29, 0.717) is 27.8 Å². The SMILES string of the molecule is O=C(N/N=C\c1ccc2c(c1)OCO2)C(=O)Nc1ccc(Cl)c(Cl)c1. The quantitative estimate of drug-likeness (QED) is 0.487. The standard InChI is InChI=1S/C16H11Cl2N3O4/c17-11-3-2-10(6-12(11)18)20-15(22)16(23)21-19-7-9-1-4-13-14(5-9)25-8-24-13/h1-7H,8H2,(H,20,22)(H,21,23)/b19-7-. The Morgan fingerprint density at radius 1 is 1.00 bits per heavy atom. The van der Waals surface area contributed by atoms with Gasteiger partial charge in [-0.3, -0.25) is 9.59 Å². The Balaban J connectivity index is 1.56. The van der Waals surface area contributed by atoms with Crippen LogP contribution in [0.5, 0.6) is 11.5 Å². The van der Waals surface area contributed by atoms with Crippen molar-refractivity contribution in [2.75, 3.05) is 12.1 Å². The second kappa shape index (κ2) is 7.42. The van der Waals surface area contributed by atoms with Crippen molar-refractivity contribution >= 4 is 46.9 Å². The number of nitrogens with zero attached hydrogens (tertiary/aromatic N) is 1. The number of carbonyl (C=O) groups is 2. The Kier molecular flexibility index (Phi) is 5.06. The van der Waals surface area contributed by atoms with Gasteiger partial charge in [-0.05, 0) is 42.0 Å². The lowest BCUT2D eigenvalue weighted by Crippen LogP contribution is -2.32. The third-order valence-electron chi connectivity index (χ3n) is 3.16. The number of rotatable bonds is 3. The predicted octanol–water partition coefficient (Wildman–Crippen LogP) is 2.81. The number of halogens is 2. The lowest BCUT2D eigenvalue weighted by Gasteiger charge is -2.05. The molecule has 0 fully saturated rings. The number of carbonyl (C=O) groups excluding carboxylic acids is 2. The van der Waals surface area contributed by atoms with E-state index in [1.54, 1.807) is 18.2 Å². The van der Waals surface area contributed by atoms with E-state index in [4.69, 9.17) is 32.7 Å². The van der Waals surface area contributed by atoms with Crippen molar-refractivity contribution in [3.63, 3.8) is 0 Å². The van der Waals surface area contributed by atoms with Gasteiger partial charge in [0.1, 0.15) is 0 Å². The van der Waals surface area contributed by atoms with Crippen molar-refractivity contribution in [1.29, 1.82) is 0 Å². The monoisotopic (exact) mass is 379 g/mol. The van der Waals surface area contributed by atoms with E-state index < -0.39 is 11.8 Å². The van der Waals surface area contributed by atoms with Crippen molar-refractivity contribution < 1.29 is 19.1 Å². The fourth-order valence-corrected chi connectivity index (χ4v) is 2.27. The molecule has 2 aromatic rings. The number of ether oxygens (including phenoxy) is 2. The Labute approximate surface area is 152 Å². The molecule has 25 heavy (non-hydrogen) atoms. The summed E-state index contributed by atoms with van der Waals surface area (Å²) in [7, 11) is 0. The van der Waals surface area contributed by atoms with Crippen molar-refractivity contribution in [3.05, 3.63) is 52.0 Å². The van der Waals surface area contributed by atoms with Crippen LogP contribution in [0.15, 0.2) is 41.5 Å². The van der Waals surface area contributed by atoms with Gasteiger partial charge in [0.2, 0.25) is 6.79 Å². The molecule has 0 unspecified atom stereocenters. The molecule has 0 saturated heterocycles. The van der Waals surface area contributed by atoms with Crippen LogP contribution in [-0.4, -0.2) is 24.8 Å². The zero-order valence-electron chi connectivity index (χ0n) is 12.6. The number of nitrogens with one attached hydrogen (secondary N) is 2. The van der Waals surface area contributed by atoms with Gasteiger partial charge in [-0.2, -0.15) is 5.10 Å². The molecule has 1 heterocycles. The van der Waals surface area contributed by atoms with E-state index in [9.17, 15) is 9.59 Å². The highest BCUT2D eigenvalue weighted by molar-refractivity contribution is 6.42. The molecule has 3 rings (SSSR count). The fraction of sp³-hybridized carbons (Fsp3) is 0.0625. The van der Waals surface area contributed by atoms with Crippen LogP contribution in [0.4, 0.5) is 5.69 Å². The molecule has 0 aromatic heterocycles. The largest absolute Gasteiger partial charge is 0.454 e. The summed E-state index contributed by atoms with van der Waals surface area (Å²) in [5, 5.41) is 6.73. The van der Waals surface area contributed by atoms with Gasteiger partial charge in [-0.15, -0.1) is 0 Å². The zero-order valence-corrected chi connectivity index (χ0v) is 14.1. The minimum atomic E-state index is -0.928. The number of anilines is 1. The van der Waals surface area contributed by atoms with Crippen molar-refractivity contribution in [1.82, 2.24) is 5.43 Å². The van der Waals surface area contributed by atoms with Gasteiger partial charge >= 0.3 is 11.8 Å². The summed E-state index contributed by atoms with van der Waals surface area (Å²) in [5.41, 5.74) is 3.15. The highest BCUT2D eigenvalue weighted by Gasteiger charge is 2.14. The van der Waals surface area contributed by atoms with E-state index in [1.807, 2.05) is 0 Å². The summed E-state index contributed by atoms with van der Waals surface area (Å²) in [4.78, 5) is 23.5. The first-order valence-corrected chi connectivity index (χ1v) is 7.77. The molecule has 0 spiro atoms. The summed E-state index contributed by atoms with van der Waals surface area (Å²) in [6.07, 6.45) is 1.38. The van der Waals surface area contributed by atoms with Crippen LogP contribution in [0.3, 0.4) is 0 Å². The second-order valence-corrected chi connectivity index (χ2v) is 5.71. The summed E-state index contributed by atoms with van der Waals surface area (Å²) in [5.74, 6) is -0.584. The number of hydrogen-bond acceptors (Lipinski definition) is 5.